The number of rotatable bonds is 9. The van der Waals surface area contributed by atoms with Crippen molar-refractivity contribution in [2.45, 2.75) is 73.6 Å². The van der Waals surface area contributed by atoms with Gasteiger partial charge in [-0.25, -0.2) is 15.0 Å². The summed E-state index contributed by atoms with van der Waals surface area (Å²) in [5, 5.41) is 0. The second-order valence-corrected chi connectivity index (χ2v) is 11.5. The molecule has 0 fully saturated rings. The monoisotopic (exact) mass is 539 g/mol. The highest BCUT2D eigenvalue weighted by molar-refractivity contribution is 5.74. The Morgan fingerprint density at radius 2 is 1.02 bits per heavy atom. The van der Waals surface area contributed by atoms with Crippen LogP contribution in [0.2, 0.25) is 0 Å². The molecule has 41 heavy (non-hydrogen) atoms. The SMILES string of the molecule is CCCCCCc1ccc(-c2cc(C)cc(-c3nc(-c4ccc(C)cc4C)nc(-c4ccc(C)cc4C)n3)c2)cc1. The van der Waals surface area contributed by atoms with E-state index >= 15 is 0 Å². The van der Waals surface area contributed by atoms with E-state index in [1.807, 2.05) is 0 Å². The van der Waals surface area contributed by atoms with Gasteiger partial charge >= 0.3 is 0 Å². The van der Waals surface area contributed by atoms with Gasteiger partial charge in [-0.2, -0.15) is 0 Å². The van der Waals surface area contributed by atoms with Gasteiger partial charge in [0.2, 0.25) is 0 Å². The van der Waals surface area contributed by atoms with Crippen molar-refractivity contribution in [2.75, 3.05) is 0 Å². The minimum absolute atomic E-state index is 0.697. The van der Waals surface area contributed by atoms with Gasteiger partial charge < -0.3 is 0 Å². The first-order valence-corrected chi connectivity index (χ1v) is 14.9. The summed E-state index contributed by atoms with van der Waals surface area (Å²) >= 11 is 0. The molecule has 5 rings (SSSR count). The lowest BCUT2D eigenvalue weighted by Gasteiger charge is -2.13. The molecule has 0 atom stereocenters. The number of benzene rings is 4. The van der Waals surface area contributed by atoms with Crippen molar-refractivity contribution in [3.8, 4) is 45.3 Å². The van der Waals surface area contributed by atoms with Crippen molar-refractivity contribution in [1.82, 2.24) is 15.0 Å². The molecule has 5 aromatic rings. The molecule has 0 saturated carbocycles. The summed E-state index contributed by atoms with van der Waals surface area (Å²) in [5.41, 5.74) is 12.8. The van der Waals surface area contributed by atoms with Crippen LogP contribution in [-0.4, -0.2) is 15.0 Å². The molecule has 0 radical (unpaired) electrons. The Bertz CT molecular complexity index is 1590. The van der Waals surface area contributed by atoms with Crippen LogP contribution in [0.4, 0.5) is 0 Å². The highest BCUT2D eigenvalue weighted by Gasteiger charge is 2.16. The summed E-state index contributed by atoms with van der Waals surface area (Å²) in [7, 11) is 0. The van der Waals surface area contributed by atoms with Gasteiger partial charge in [0.15, 0.2) is 17.5 Å². The van der Waals surface area contributed by atoms with E-state index in [0.29, 0.717) is 17.5 Å². The molecule has 0 amide bonds. The summed E-state index contributed by atoms with van der Waals surface area (Å²) in [6, 6.07) is 28.6. The summed E-state index contributed by atoms with van der Waals surface area (Å²) in [6.07, 6.45) is 6.30. The Balaban J connectivity index is 1.57. The molecule has 0 aliphatic heterocycles. The molecule has 0 spiro atoms. The topological polar surface area (TPSA) is 38.7 Å². The van der Waals surface area contributed by atoms with Gasteiger partial charge in [0, 0.05) is 16.7 Å². The highest BCUT2D eigenvalue weighted by Crippen LogP contribution is 2.31. The van der Waals surface area contributed by atoms with Crippen LogP contribution in [-0.2, 0) is 6.42 Å². The molecule has 3 heteroatoms. The number of aromatic nitrogens is 3. The van der Waals surface area contributed by atoms with Crippen molar-refractivity contribution in [3.05, 3.63) is 112 Å². The average molecular weight is 540 g/mol. The van der Waals surface area contributed by atoms with Crippen LogP contribution in [0.15, 0.2) is 78.9 Å². The van der Waals surface area contributed by atoms with Crippen molar-refractivity contribution in [2.24, 2.45) is 0 Å². The van der Waals surface area contributed by atoms with Crippen LogP contribution < -0.4 is 0 Å². The lowest BCUT2D eigenvalue weighted by Crippen LogP contribution is -2.02. The molecule has 1 heterocycles. The Morgan fingerprint density at radius 3 is 1.59 bits per heavy atom. The smallest absolute Gasteiger partial charge is 0.164 e. The first kappa shape index (κ1) is 28.4. The van der Waals surface area contributed by atoms with Gasteiger partial charge in [0.05, 0.1) is 0 Å². The van der Waals surface area contributed by atoms with E-state index in [2.05, 4.69) is 120 Å². The second-order valence-electron chi connectivity index (χ2n) is 11.5. The maximum absolute atomic E-state index is 5.05. The molecular formula is C38H41N3. The van der Waals surface area contributed by atoms with Crippen LogP contribution >= 0.6 is 0 Å². The minimum atomic E-state index is 0.697. The molecule has 0 bridgehead atoms. The van der Waals surface area contributed by atoms with Crippen LogP contribution in [0.3, 0.4) is 0 Å². The molecule has 1 aromatic heterocycles. The van der Waals surface area contributed by atoms with E-state index in [1.54, 1.807) is 0 Å². The maximum Gasteiger partial charge on any atom is 0.164 e. The third-order valence-electron chi connectivity index (χ3n) is 7.82. The van der Waals surface area contributed by atoms with E-state index < -0.39 is 0 Å². The number of hydrogen-bond acceptors (Lipinski definition) is 3. The lowest BCUT2D eigenvalue weighted by atomic mass is 9.97. The highest BCUT2D eigenvalue weighted by atomic mass is 15.0. The van der Waals surface area contributed by atoms with Crippen LogP contribution in [0.1, 0.15) is 66.0 Å². The van der Waals surface area contributed by atoms with Crippen molar-refractivity contribution in [3.63, 3.8) is 0 Å². The molecule has 3 nitrogen and oxygen atoms in total. The van der Waals surface area contributed by atoms with Gasteiger partial charge in [0.1, 0.15) is 0 Å². The molecule has 0 unspecified atom stereocenters. The Labute approximate surface area is 245 Å². The second kappa shape index (κ2) is 12.6. The summed E-state index contributed by atoms with van der Waals surface area (Å²) < 4.78 is 0. The third-order valence-corrected chi connectivity index (χ3v) is 7.82. The van der Waals surface area contributed by atoms with Gasteiger partial charge in [-0.05, 0) is 93.0 Å². The van der Waals surface area contributed by atoms with Gasteiger partial charge in [0.25, 0.3) is 0 Å². The standard InChI is InChI=1S/C38H41N3/c1-7-8-9-10-11-30-14-16-31(17-15-30)32-22-27(4)23-33(24-32)36-39-37(34-18-12-25(2)20-28(34)5)41-38(40-36)35-19-13-26(3)21-29(35)6/h12-24H,7-11H2,1-6H3. The van der Waals surface area contributed by atoms with Gasteiger partial charge in [-0.15, -0.1) is 0 Å². The zero-order valence-electron chi connectivity index (χ0n) is 25.4. The van der Waals surface area contributed by atoms with Crippen LogP contribution in [0.5, 0.6) is 0 Å². The predicted molar refractivity (Wildman–Crippen MR) is 173 cm³/mol. The maximum atomic E-state index is 5.05. The first-order chi connectivity index (χ1) is 19.8. The summed E-state index contributed by atoms with van der Waals surface area (Å²) in [4.78, 5) is 15.1. The van der Waals surface area contributed by atoms with E-state index in [0.717, 1.165) is 34.2 Å². The third kappa shape index (κ3) is 6.79. The molecule has 208 valence electrons. The van der Waals surface area contributed by atoms with Crippen LogP contribution in [0.25, 0.3) is 45.3 Å². The zero-order valence-corrected chi connectivity index (χ0v) is 25.4. The molecule has 4 aromatic carbocycles. The van der Waals surface area contributed by atoms with E-state index in [1.165, 1.54) is 59.1 Å². The number of nitrogens with zero attached hydrogens (tertiary/aromatic N) is 3. The quantitative estimate of drug-likeness (QED) is 0.175. The first-order valence-electron chi connectivity index (χ1n) is 14.9. The molecule has 0 N–H and O–H groups in total. The Morgan fingerprint density at radius 1 is 0.463 bits per heavy atom. The number of aryl methyl sites for hydroxylation is 6. The van der Waals surface area contributed by atoms with Crippen molar-refractivity contribution < 1.29 is 0 Å². The largest absolute Gasteiger partial charge is 0.208 e. The fraction of sp³-hybridized carbons (Fsp3) is 0.289. The summed E-state index contributed by atoms with van der Waals surface area (Å²) in [6.45, 7) is 12.9. The Kier molecular flexibility index (Phi) is 8.73. The number of hydrogen-bond donors (Lipinski definition) is 0. The molecule has 0 aliphatic rings. The normalized spacial score (nSPS) is 11.2. The number of unbranched alkanes of at least 4 members (excludes halogenated alkanes) is 3. The fourth-order valence-electron chi connectivity index (χ4n) is 5.57. The molecule has 0 saturated heterocycles. The van der Waals surface area contributed by atoms with E-state index in [4.69, 9.17) is 15.0 Å². The predicted octanol–water partition coefficient (Wildman–Crippen LogP) is 10.2. The summed E-state index contributed by atoms with van der Waals surface area (Å²) in [5.74, 6) is 2.11. The lowest BCUT2D eigenvalue weighted by molar-refractivity contribution is 0.667. The van der Waals surface area contributed by atoms with E-state index in [9.17, 15) is 0 Å². The van der Waals surface area contributed by atoms with Crippen molar-refractivity contribution >= 4 is 0 Å². The zero-order chi connectivity index (χ0) is 28.9. The van der Waals surface area contributed by atoms with Gasteiger partial charge in [-0.1, -0.05) is 104 Å². The van der Waals surface area contributed by atoms with Crippen LogP contribution in [0, 0.1) is 34.6 Å². The molecule has 0 aliphatic carbocycles. The molecular weight excluding hydrogens is 498 g/mol. The minimum Gasteiger partial charge on any atom is -0.208 e. The fourth-order valence-corrected chi connectivity index (χ4v) is 5.57. The van der Waals surface area contributed by atoms with Gasteiger partial charge in [-0.3, -0.25) is 0 Å². The Hall–Kier alpha value is -4.11. The average Bonchev–Trinajstić information content (AvgIpc) is 2.95. The van der Waals surface area contributed by atoms with E-state index in [-0.39, 0.29) is 0 Å². The van der Waals surface area contributed by atoms with Crippen molar-refractivity contribution in [1.29, 1.82) is 0 Å².